The highest BCUT2D eigenvalue weighted by Crippen LogP contribution is 2.40. The molecule has 1 nitrogen and oxygen atoms in total. The molecule has 1 aromatic rings. The number of hydrogen-bond acceptors (Lipinski definition) is 2. The second-order valence-electron chi connectivity index (χ2n) is 5.97. The van der Waals surface area contributed by atoms with Crippen LogP contribution >= 0.6 is 11.3 Å². The Labute approximate surface area is 128 Å². The van der Waals surface area contributed by atoms with Crippen LogP contribution in [0, 0.1) is 11.8 Å². The second-order valence-corrected chi connectivity index (χ2v) is 7.23. The molecule has 21 heavy (non-hydrogen) atoms. The molecule has 120 valence electrons. The Kier molecular flexibility index (Phi) is 5.72. The second kappa shape index (κ2) is 7.14. The lowest BCUT2D eigenvalue weighted by molar-refractivity contribution is -0.184. The third kappa shape index (κ3) is 4.46. The lowest BCUT2D eigenvalue weighted by Crippen LogP contribution is -2.39. The van der Waals surface area contributed by atoms with Crippen LogP contribution in [0.25, 0.3) is 0 Å². The fourth-order valence-corrected chi connectivity index (χ4v) is 4.31. The molecule has 2 rings (SSSR count). The molecular weight excluding hydrogens is 295 g/mol. The fourth-order valence-electron chi connectivity index (χ4n) is 3.29. The van der Waals surface area contributed by atoms with E-state index in [0.717, 1.165) is 12.8 Å². The molecule has 0 amide bonds. The summed E-state index contributed by atoms with van der Waals surface area (Å²) in [6.45, 7) is 2.14. The van der Waals surface area contributed by atoms with Crippen molar-refractivity contribution in [3.63, 3.8) is 0 Å². The average Bonchev–Trinajstić information content (AvgIpc) is 2.92. The maximum atomic E-state index is 12.7. The molecule has 1 unspecified atom stereocenters. The van der Waals surface area contributed by atoms with E-state index in [1.165, 1.54) is 9.75 Å². The molecule has 1 aliphatic carbocycles. The first-order valence-corrected chi connectivity index (χ1v) is 8.57. The Bertz CT molecular complexity index is 433. The Balaban J connectivity index is 1.90. The molecule has 0 bridgehead atoms. The van der Waals surface area contributed by atoms with E-state index in [0.29, 0.717) is 24.8 Å². The minimum Gasteiger partial charge on any atom is -0.316 e. The highest BCUT2D eigenvalue weighted by atomic mass is 32.1. The summed E-state index contributed by atoms with van der Waals surface area (Å²) in [7, 11) is 1.93. The molecule has 1 aliphatic rings. The normalized spacial score (nSPS) is 25.0. The van der Waals surface area contributed by atoms with Crippen LogP contribution in [0.2, 0.25) is 0 Å². The van der Waals surface area contributed by atoms with Gasteiger partial charge in [0.2, 0.25) is 0 Å². The predicted octanol–water partition coefficient (Wildman–Crippen LogP) is 4.81. The van der Waals surface area contributed by atoms with E-state index in [9.17, 15) is 13.2 Å². The van der Waals surface area contributed by atoms with Gasteiger partial charge in [0, 0.05) is 15.8 Å². The highest BCUT2D eigenvalue weighted by molar-refractivity contribution is 7.11. The zero-order valence-electron chi connectivity index (χ0n) is 12.7. The van der Waals surface area contributed by atoms with Gasteiger partial charge in [0.15, 0.2) is 0 Å². The quantitative estimate of drug-likeness (QED) is 0.821. The number of aryl methyl sites for hydroxylation is 1. The molecule has 1 N–H and O–H groups in total. The van der Waals surface area contributed by atoms with Crippen molar-refractivity contribution in [2.75, 3.05) is 7.05 Å². The van der Waals surface area contributed by atoms with Crippen LogP contribution in [-0.4, -0.2) is 19.3 Å². The van der Waals surface area contributed by atoms with Crippen LogP contribution in [-0.2, 0) is 12.8 Å². The lowest BCUT2D eigenvalue weighted by atomic mass is 9.77. The number of hydrogen-bond donors (Lipinski definition) is 1. The van der Waals surface area contributed by atoms with Crippen molar-refractivity contribution in [1.82, 2.24) is 5.32 Å². The molecule has 1 heterocycles. The molecule has 1 fully saturated rings. The lowest BCUT2D eigenvalue weighted by Gasteiger charge is -2.34. The standard InChI is InChI=1S/C16H24F3NS/c1-3-13-8-9-14(21-13)10-15(20-2)11-4-6-12(7-5-11)16(17,18)19/h8-9,11-12,15,20H,3-7,10H2,1-2H3. The zero-order chi connectivity index (χ0) is 15.5. The molecule has 0 aliphatic heterocycles. The highest BCUT2D eigenvalue weighted by Gasteiger charge is 2.42. The fraction of sp³-hybridized carbons (Fsp3) is 0.750. The Morgan fingerprint density at radius 3 is 2.29 bits per heavy atom. The Morgan fingerprint density at radius 2 is 1.81 bits per heavy atom. The minimum absolute atomic E-state index is 0.289. The van der Waals surface area contributed by atoms with Gasteiger partial charge < -0.3 is 5.32 Å². The van der Waals surface area contributed by atoms with Gasteiger partial charge in [0.05, 0.1) is 5.92 Å². The van der Waals surface area contributed by atoms with Gasteiger partial charge in [-0.05, 0) is 63.6 Å². The minimum atomic E-state index is -4.01. The van der Waals surface area contributed by atoms with E-state index in [4.69, 9.17) is 0 Å². The van der Waals surface area contributed by atoms with E-state index in [-0.39, 0.29) is 12.8 Å². The summed E-state index contributed by atoms with van der Waals surface area (Å²) < 4.78 is 38.2. The first kappa shape index (κ1) is 16.8. The number of nitrogens with one attached hydrogen (secondary N) is 1. The number of likely N-dealkylation sites (N-methyl/N-ethyl adjacent to an activating group) is 1. The summed E-state index contributed by atoms with van der Waals surface area (Å²) in [5, 5.41) is 3.33. The van der Waals surface area contributed by atoms with Crippen molar-refractivity contribution in [1.29, 1.82) is 0 Å². The maximum Gasteiger partial charge on any atom is 0.391 e. The number of rotatable bonds is 5. The summed E-state index contributed by atoms with van der Waals surface area (Å²) in [6, 6.07) is 4.62. The van der Waals surface area contributed by atoms with Gasteiger partial charge >= 0.3 is 6.18 Å². The van der Waals surface area contributed by atoms with Crippen molar-refractivity contribution in [2.24, 2.45) is 11.8 Å². The zero-order valence-corrected chi connectivity index (χ0v) is 13.5. The van der Waals surface area contributed by atoms with Crippen molar-refractivity contribution in [2.45, 2.75) is 57.7 Å². The van der Waals surface area contributed by atoms with Crippen molar-refractivity contribution < 1.29 is 13.2 Å². The topological polar surface area (TPSA) is 12.0 Å². The Hall–Kier alpha value is -0.550. The van der Waals surface area contributed by atoms with E-state index >= 15 is 0 Å². The van der Waals surface area contributed by atoms with Crippen LogP contribution in [0.1, 0.15) is 42.4 Å². The molecule has 1 atom stereocenters. The summed E-state index contributed by atoms with van der Waals surface area (Å²) in [4.78, 5) is 2.71. The third-order valence-electron chi connectivity index (χ3n) is 4.66. The van der Waals surface area contributed by atoms with Gasteiger partial charge in [-0.2, -0.15) is 13.2 Å². The summed E-state index contributed by atoms with van der Waals surface area (Å²) >= 11 is 1.83. The molecule has 0 radical (unpaired) electrons. The molecule has 0 aromatic carbocycles. The molecule has 0 saturated heterocycles. The molecule has 0 spiro atoms. The van der Waals surface area contributed by atoms with Gasteiger partial charge in [0.1, 0.15) is 0 Å². The Morgan fingerprint density at radius 1 is 1.19 bits per heavy atom. The van der Waals surface area contributed by atoms with Gasteiger partial charge in [-0.3, -0.25) is 0 Å². The monoisotopic (exact) mass is 319 g/mol. The van der Waals surface area contributed by atoms with E-state index < -0.39 is 12.1 Å². The molecular formula is C16H24F3NS. The maximum absolute atomic E-state index is 12.7. The molecule has 1 aromatic heterocycles. The summed E-state index contributed by atoms with van der Waals surface area (Å²) in [6.07, 6.45) is -0.0879. The van der Waals surface area contributed by atoms with Crippen LogP contribution < -0.4 is 5.32 Å². The number of thiophene rings is 1. The molecule has 1 saturated carbocycles. The smallest absolute Gasteiger partial charge is 0.316 e. The number of alkyl halides is 3. The van der Waals surface area contributed by atoms with Crippen molar-refractivity contribution in [3.8, 4) is 0 Å². The first-order chi connectivity index (χ1) is 9.94. The van der Waals surface area contributed by atoms with Crippen LogP contribution in [0.4, 0.5) is 13.2 Å². The van der Waals surface area contributed by atoms with Crippen LogP contribution in [0.5, 0.6) is 0 Å². The van der Waals surface area contributed by atoms with Gasteiger partial charge in [-0.25, -0.2) is 0 Å². The number of halogens is 3. The van der Waals surface area contributed by atoms with Gasteiger partial charge in [0.25, 0.3) is 0 Å². The SMILES string of the molecule is CCc1ccc(CC(NC)C2CCC(C(F)(F)F)CC2)s1. The van der Waals surface area contributed by atoms with Gasteiger partial charge in [-0.1, -0.05) is 6.92 Å². The third-order valence-corrected chi connectivity index (χ3v) is 5.91. The van der Waals surface area contributed by atoms with Crippen LogP contribution in [0.15, 0.2) is 12.1 Å². The first-order valence-electron chi connectivity index (χ1n) is 7.75. The van der Waals surface area contributed by atoms with E-state index in [1.807, 2.05) is 18.4 Å². The van der Waals surface area contributed by atoms with Crippen LogP contribution in [0.3, 0.4) is 0 Å². The summed E-state index contributed by atoms with van der Waals surface area (Å²) in [5.41, 5.74) is 0. The van der Waals surface area contributed by atoms with E-state index in [2.05, 4.69) is 24.4 Å². The average molecular weight is 319 g/mol. The summed E-state index contributed by atoms with van der Waals surface area (Å²) in [5.74, 6) is -0.722. The largest absolute Gasteiger partial charge is 0.391 e. The molecule has 5 heteroatoms. The van der Waals surface area contributed by atoms with E-state index in [1.54, 1.807) is 0 Å². The van der Waals surface area contributed by atoms with Gasteiger partial charge in [-0.15, -0.1) is 11.3 Å². The van der Waals surface area contributed by atoms with Crippen molar-refractivity contribution in [3.05, 3.63) is 21.9 Å². The van der Waals surface area contributed by atoms with Crippen molar-refractivity contribution >= 4 is 11.3 Å². The predicted molar refractivity (Wildman–Crippen MR) is 81.8 cm³/mol.